The van der Waals surface area contributed by atoms with Crippen LogP contribution < -0.4 is 4.74 Å². The molecule has 158 valence electrons. The Hall–Kier alpha value is -1.33. The SMILES string of the molecule is CCCC1CCC(C2CCC(C(F)(F)Oc3c(F)cc(F)cc3F)CC2)CC1. The van der Waals surface area contributed by atoms with Crippen LogP contribution >= 0.6 is 0 Å². The second-order valence-corrected chi connectivity index (χ2v) is 8.54. The summed E-state index contributed by atoms with van der Waals surface area (Å²) in [6, 6.07) is 0.695. The number of halogens is 5. The van der Waals surface area contributed by atoms with Crippen LogP contribution in [-0.4, -0.2) is 6.11 Å². The molecule has 0 spiro atoms. The molecule has 0 aromatic heterocycles. The second-order valence-electron chi connectivity index (χ2n) is 8.54. The second kappa shape index (κ2) is 9.00. The lowest BCUT2D eigenvalue weighted by molar-refractivity contribution is -0.226. The van der Waals surface area contributed by atoms with E-state index in [1.54, 1.807) is 0 Å². The molecule has 2 aliphatic rings. The Morgan fingerprint density at radius 2 is 1.36 bits per heavy atom. The molecule has 1 nitrogen and oxygen atoms in total. The van der Waals surface area contributed by atoms with Crippen LogP contribution in [0.2, 0.25) is 0 Å². The molecule has 0 bridgehead atoms. The number of hydrogen-bond acceptors (Lipinski definition) is 1. The molecule has 2 aliphatic carbocycles. The Bertz CT molecular complexity index is 623. The molecule has 0 N–H and O–H groups in total. The summed E-state index contributed by atoms with van der Waals surface area (Å²) in [6.07, 6.45) is 5.59. The first-order chi connectivity index (χ1) is 13.3. The summed E-state index contributed by atoms with van der Waals surface area (Å²) in [4.78, 5) is 0. The summed E-state index contributed by atoms with van der Waals surface area (Å²) in [5.74, 6) is -4.48. The fraction of sp³-hybridized carbons (Fsp3) is 0.727. The third kappa shape index (κ3) is 4.98. The van der Waals surface area contributed by atoms with Crippen LogP contribution in [0.3, 0.4) is 0 Å². The zero-order valence-corrected chi connectivity index (χ0v) is 16.3. The quantitative estimate of drug-likeness (QED) is 0.446. The number of benzene rings is 1. The molecule has 0 heterocycles. The molecule has 2 saturated carbocycles. The van der Waals surface area contributed by atoms with Crippen LogP contribution in [0.25, 0.3) is 0 Å². The molecule has 0 aliphatic heterocycles. The van der Waals surface area contributed by atoms with Gasteiger partial charge in [0.15, 0.2) is 17.4 Å². The normalized spacial score (nSPS) is 28.9. The standard InChI is InChI=1S/C22H29F5O/c1-2-3-14-4-6-15(7-5-14)16-8-10-17(11-9-16)22(26,27)28-21-19(24)12-18(23)13-20(21)25/h12-17H,2-11H2,1H3. The summed E-state index contributed by atoms with van der Waals surface area (Å²) in [5.41, 5.74) is 0. The average Bonchev–Trinajstić information content (AvgIpc) is 2.66. The molecule has 6 heteroatoms. The first-order valence-corrected chi connectivity index (χ1v) is 10.5. The number of rotatable bonds is 6. The van der Waals surface area contributed by atoms with E-state index in [9.17, 15) is 22.0 Å². The van der Waals surface area contributed by atoms with E-state index >= 15 is 0 Å². The summed E-state index contributed by atoms with van der Waals surface area (Å²) < 4.78 is 73.7. The summed E-state index contributed by atoms with van der Waals surface area (Å²) in [7, 11) is 0. The van der Waals surface area contributed by atoms with Gasteiger partial charge in [-0.3, -0.25) is 0 Å². The molecular weight excluding hydrogens is 375 g/mol. The van der Waals surface area contributed by atoms with E-state index < -0.39 is 35.2 Å². The Morgan fingerprint density at radius 3 is 1.86 bits per heavy atom. The highest BCUT2D eigenvalue weighted by molar-refractivity contribution is 5.27. The van der Waals surface area contributed by atoms with Gasteiger partial charge in [-0.15, -0.1) is 0 Å². The van der Waals surface area contributed by atoms with Crippen molar-refractivity contribution in [2.75, 3.05) is 0 Å². The van der Waals surface area contributed by atoms with E-state index in [4.69, 9.17) is 0 Å². The van der Waals surface area contributed by atoms with Crippen molar-refractivity contribution in [1.29, 1.82) is 0 Å². The van der Waals surface area contributed by atoms with Gasteiger partial charge in [-0.1, -0.05) is 32.6 Å². The third-order valence-corrected chi connectivity index (χ3v) is 6.70. The molecule has 0 amide bonds. The molecule has 0 radical (unpaired) electrons. The Morgan fingerprint density at radius 1 is 0.857 bits per heavy atom. The Labute approximate surface area is 163 Å². The van der Waals surface area contributed by atoms with Crippen molar-refractivity contribution in [3.05, 3.63) is 29.6 Å². The van der Waals surface area contributed by atoms with E-state index in [-0.39, 0.29) is 12.8 Å². The van der Waals surface area contributed by atoms with Gasteiger partial charge in [-0.25, -0.2) is 13.2 Å². The van der Waals surface area contributed by atoms with Crippen molar-refractivity contribution in [2.24, 2.45) is 23.7 Å². The first kappa shape index (κ1) is 21.4. The Balaban J connectivity index is 1.54. The maximum atomic E-state index is 14.5. The highest BCUT2D eigenvalue weighted by Crippen LogP contribution is 2.46. The van der Waals surface area contributed by atoms with E-state index in [1.165, 1.54) is 38.5 Å². The zero-order chi connectivity index (χ0) is 20.3. The molecule has 0 atom stereocenters. The zero-order valence-electron chi connectivity index (χ0n) is 16.3. The summed E-state index contributed by atoms with van der Waals surface area (Å²) in [5, 5.41) is 0. The Kier molecular flexibility index (Phi) is 6.87. The van der Waals surface area contributed by atoms with Crippen LogP contribution in [0, 0.1) is 41.1 Å². The monoisotopic (exact) mass is 404 g/mol. The molecule has 0 saturated heterocycles. The molecule has 0 unspecified atom stereocenters. The minimum absolute atomic E-state index is 0.275. The molecule has 1 aromatic rings. The van der Waals surface area contributed by atoms with E-state index in [0.29, 0.717) is 36.8 Å². The largest absolute Gasteiger partial charge is 0.426 e. The number of hydrogen-bond donors (Lipinski definition) is 0. The predicted molar refractivity (Wildman–Crippen MR) is 97.7 cm³/mol. The lowest BCUT2D eigenvalue weighted by Gasteiger charge is -2.39. The predicted octanol–water partition coefficient (Wildman–Crippen LogP) is 7.49. The van der Waals surface area contributed by atoms with Crippen molar-refractivity contribution in [3.8, 4) is 5.75 Å². The fourth-order valence-corrected chi connectivity index (χ4v) is 5.13. The summed E-state index contributed by atoms with van der Waals surface area (Å²) >= 11 is 0. The van der Waals surface area contributed by atoms with Gasteiger partial charge in [0.05, 0.1) is 5.92 Å². The van der Waals surface area contributed by atoms with Crippen LogP contribution in [0.4, 0.5) is 22.0 Å². The van der Waals surface area contributed by atoms with Crippen LogP contribution in [0.15, 0.2) is 12.1 Å². The number of ether oxygens (including phenoxy) is 1. The fourth-order valence-electron chi connectivity index (χ4n) is 5.13. The minimum atomic E-state index is -3.68. The average molecular weight is 404 g/mol. The van der Waals surface area contributed by atoms with Crippen molar-refractivity contribution in [2.45, 2.75) is 77.2 Å². The topological polar surface area (TPSA) is 9.23 Å². The van der Waals surface area contributed by atoms with Gasteiger partial charge in [0, 0.05) is 12.1 Å². The highest BCUT2D eigenvalue weighted by Gasteiger charge is 2.46. The van der Waals surface area contributed by atoms with Crippen LogP contribution in [0.5, 0.6) is 5.75 Å². The molecule has 28 heavy (non-hydrogen) atoms. The first-order valence-electron chi connectivity index (χ1n) is 10.5. The van der Waals surface area contributed by atoms with Crippen LogP contribution in [0.1, 0.15) is 71.1 Å². The van der Waals surface area contributed by atoms with Gasteiger partial charge in [0.2, 0.25) is 0 Å². The van der Waals surface area contributed by atoms with Crippen LogP contribution in [-0.2, 0) is 0 Å². The maximum absolute atomic E-state index is 14.5. The van der Waals surface area contributed by atoms with Gasteiger partial charge < -0.3 is 4.74 Å². The summed E-state index contributed by atoms with van der Waals surface area (Å²) in [6.45, 7) is 2.21. The molecule has 1 aromatic carbocycles. The van der Waals surface area contributed by atoms with Gasteiger partial charge in [-0.2, -0.15) is 8.78 Å². The van der Waals surface area contributed by atoms with Gasteiger partial charge in [-0.05, 0) is 56.3 Å². The van der Waals surface area contributed by atoms with Crippen molar-refractivity contribution >= 4 is 0 Å². The number of alkyl halides is 2. The smallest absolute Gasteiger partial charge is 0.400 e. The minimum Gasteiger partial charge on any atom is -0.426 e. The maximum Gasteiger partial charge on any atom is 0.400 e. The van der Waals surface area contributed by atoms with Gasteiger partial charge >= 0.3 is 6.11 Å². The lowest BCUT2D eigenvalue weighted by atomic mass is 9.68. The van der Waals surface area contributed by atoms with E-state index in [0.717, 1.165) is 5.92 Å². The third-order valence-electron chi connectivity index (χ3n) is 6.70. The van der Waals surface area contributed by atoms with Crippen molar-refractivity contribution in [1.82, 2.24) is 0 Å². The van der Waals surface area contributed by atoms with E-state index in [1.807, 2.05) is 0 Å². The lowest BCUT2D eigenvalue weighted by Crippen LogP contribution is -2.38. The van der Waals surface area contributed by atoms with Gasteiger partial charge in [0.1, 0.15) is 5.82 Å². The van der Waals surface area contributed by atoms with Gasteiger partial charge in [0.25, 0.3) is 0 Å². The molecule has 3 rings (SSSR count). The van der Waals surface area contributed by atoms with E-state index in [2.05, 4.69) is 11.7 Å². The van der Waals surface area contributed by atoms with Crippen molar-refractivity contribution < 1.29 is 26.7 Å². The highest BCUT2D eigenvalue weighted by atomic mass is 19.3. The van der Waals surface area contributed by atoms with Crippen molar-refractivity contribution in [3.63, 3.8) is 0 Å². The molecule has 2 fully saturated rings. The molecular formula is C22H29F5O.